The molecule has 0 aliphatic heterocycles. The lowest BCUT2D eigenvalue weighted by Gasteiger charge is -2.11. The van der Waals surface area contributed by atoms with Gasteiger partial charge in [-0.25, -0.2) is 0 Å². The second-order valence-electron chi connectivity index (χ2n) is 4.05. The number of hydrogen-bond donors (Lipinski definition) is 1. The number of halogens is 2. The zero-order valence-corrected chi connectivity index (χ0v) is 11.5. The van der Waals surface area contributed by atoms with Crippen molar-refractivity contribution >= 4 is 34.5 Å². The summed E-state index contributed by atoms with van der Waals surface area (Å²) in [6, 6.07) is 7.90. The fourth-order valence-corrected chi connectivity index (χ4v) is 2.76. The molecule has 0 amide bonds. The lowest BCUT2D eigenvalue weighted by atomic mass is 10.0. The first-order valence-corrected chi connectivity index (χ1v) is 7.05. The SMILES string of the molecule is NC(Cc1ccsc1)Cc1ccc(Cl)c(Cl)c1. The molecule has 1 unspecified atom stereocenters. The van der Waals surface area contributed by atoms with Gasteiger partial charge in [-0.15, -0.1) is 0 Å². The van der Waals surface area contributed by atoms with E-state index in [4.69, 9.17) is 28.9 Å². The number of nitrogens with two attached hydrogens (primary N) is 1. The van der Waals surface area contributed by atoms with Crippen molar-refractivity contribution in [1.29, 1.82) is 0 Å². The van der Waals surface area contributed by atoms with Gasteiger partial charge >= 0.3 is 0 Å². The molecule has 0 saturated carbocycles. The zero-order valence-electron chi connectivity index (χ0n) is 9.20. The molecule has 0 spiro atoms. The van der Waals surface area contributed by atoms with Crippen LogP contribution in [0.3, 0.4) is 0 Å². The van der Waals surface area contributed by atoms with Crippen molar-refractivity contribution in [3.05, 3.63) is 56.2 Å². The summed E-state index contributed by atoms with van der Waals surface area (Å²) in [5.74, 6) is 0. The summed E-state index contributed by atoms with van der Waals surface area (Å²) in [5.41, 5.74) is 8.53. The monoisotopic (exact) mass is 285 g/mol. The van der Waals surface area contributed by atoms with E-state index in [0.717, 1.165) is 18.4 Å². The van der Waals surface area contributed by atoms with Gasteiger partial charge in [0.25, 0.3) is 0 Å². The number of benzene rings is 1. The summed E-state index contributed by atoms with van der Waals surface area (Å²) < 4.78 is 0. The number of thiophene rings is 1. The highest BCUT2D eigenvalue weighted by atomic mass is 35.5. The Balaban J connectivity index is 1.98. The third kappa shape index (κ3) is 3.71. The molecule has 0 aliphatic carbocycles. The van der Waals surface area contributed by atoms with E-state index < -0.39 is 0 Å². The topological polar surface area (TPSA) is 26.0 Å². The molecule has 2 aromatic rings. The van der Waals surface area contributed by atoms with Crippen LogP contribution >= 0.6 is 34.5 Å². The van der Waals surface area contributed by atoms with Crippen LogP contribution in [0.1, 0.15) is 11.1 Å². The van der Waals surface area contributed by atoms with Crippen molar-refractivity contribution in [3.8, 4) is 0 Å². The molecule has 1 aromatic carbocycles. The van der Waals surface area contributed by atoms with Crippen molar-refractivity contribution in [1.82, 2.24) is 0 Å². The van der Waals surface area contributed by atoms with Gasteiger partial charge in [-0.1, -0.05) is 29.3 Å². The summed E-state index contributed by atoms with van der Waals surface area (Å²) >= 11 is 13.5. The minimum absolute atomic E-state index is 0.113. The van der Waals surface area contributed by atoms with Gasteiger partial charge < -0.3 is 5.73 Å². The number of rotatable bonds is 4. The lowest BCUT2D eigenvalue weighted by Crippen LogP contribution is -2.25. The van der Waals surface area contributed by atoms with Crippen LogP contribution in [0, 0.1) is 0 Å². The standard InChI is InChI=1S/C13H13Cl2NS/c14-12-2-1-9(7-13(12)15)5-11(16)6-10-3-4-17-8-10/h1-4,7-8,11H,5-6,16H2. The molecule has 1 heterocycles. The predicted molar refractivity (Wildman–Crippen MR) is 76.2 cm³/mol. The van der Waals surface area contributed by atoms with Crippen molar-refractivity contribution in [2.24, 2.45) is 5.73 Å². The molecular formula is C13H13Cl2NS. The van der Waals surface area contributed by atoms with Gasteiger partial charge in [0.2, 0.25) is 0 Å². The first-order chi connectivity index (χ1) is 8.15. The first kappa shape index (κ1) is 12.9. The third-order valence-corrected chi connectivity index (χ3v) is 4.03. The number of hydrogen-bond acceptors (Lipinski definition) is 2. The van der Waals surface area contributed by atoms with Crippen LogP contribution in [0.4, 0.5) is 0 Å². The van der Waals surface area contributed by atoms with E-state index in [-0.39, 0.29) is 6.04 Å². The molecule has 0 aliphatic rings. The molecule has 2 rings (SSSR count). The fraction of sp³-hybridized carbons (Fsp3) is 0.231. The Hall–Kier alpha value is -0.540. The van der Waals surface area contributed by atoms with E-state index in [0.29, 0.717) is 10.0 Å². The molecule has 0 fully saturated rings. The van der Waals surface area contributed by atoms with Crippen LogP contribution in [-0.4, -0.2) is 6.04 Å². The largest absolute Gasteiger partial charge is 0.327 e. The van der Waals surface area contributed by atoms with Crippen LogP contribution in [-0.2, 0) is 12.8 Å². The van der Waals surface area contributed by atoms with E-state index in [2.05, 4.69) is 16.8 Å². The van der Waals surface area contributed by atoms with Gasteiger partial charge in [0.15, 0.2) is 0 Å². The lowest BCUT2D eigenvalue weighted by molar-refractivity contribution is 0.666. The van der Waals surface area contributed by atoms with Crippen molar-refractivity contribution < 1.29 is 0 Å². The highest BCUT2D eigenvalue weighted by molar-refractivity contribution is 7.07. The molecule has 2 N–H and O–H groups in total. The van der Waals surface area contributed by atoms with Crippen molar-refractivity contribution in [2.45, 2.75) is 18.9 Å². The van der Waals surface area contributed by atoms with Gasteiger partial charge in [-0.05, 0) is 52.9 Å². The molecule has 0 bridgehead atoms. The second kappa shape index (κ2) is 5.87. The highest BCUT2D eigenvalue weighted by Crippen LogP contribution is 2.23. The Bertz CT molecular complexity index is 482. The van der Waals surface area contributed by atoms with Crippen molar-refractivity contribution in [3.63, 3.8) is 0 Å². The van der Waals surface area contributed by atoms with Crippen LogP contribution in [0.2, 0.25) is 10.0 Å². The first-order valence-electron chi connectivity index (χ1n) is 5.36. The van der Waals surface area contributed by atoms with Gasteiger partial charge in [0.1, 0.15) is 0 Å². The van der Waals surface area contributed by atoms with Gasteiger partial charge in [0.05, 0.1) is 10.0 Å². The summed E-state index contributed by atoms with van der Waals surface area (Å²) in [6.45, 7) is 0. The minimum Gasteiger partial charge on any atom is -0.327 e. The Morgan fingerprint density at radius 2 is 1.82 bits per heavy atom. The fourth-order valence-electron chi connectivity index (χ4n) is 1.75. The quantitative estimate of drug-likeness (QED) is 0.897. The molecule has 0 radical (unpaired) electrons. The van der Waals surface area contributed by atoms with E-state index in [1.165, 1.54) is 5.56 Å². The molecule has 1 atom stereocenters. The summed E-state index contributed by atoms with van der Waals surface area (Å²) in [4.78, 5) is 0. The van der Waals surface area contributed by atoms with Crippen LogP contribution in [0.15, 0.2) is 35.0 Å². The highest BCUT2D eigenvalue weighted by Gasteiger charge is 2.07. The smallest absolute Gasteiger partial charge is 0.0595 e. The summed E-state index contributed by atoms with van der Waals surface area (Å²) in [5, 5.41) is 5.38. The van der Waals surface area contributed by atoms with Gasteiger partial charge in [0, 0.05) is 6.04 Å². The summed E-state index contributed by atoms with van der Waals surface area (Å²) in [6.07, 6.45) is 1.70. The van der Waals surface area contributed by atoms with E-state index >= 15 is 0 Å². The second-order valence-corrected chi connectivity index (χ2v) is 5.64. The summed E-state index contributed by atoms with van der Waals surface area (Å²) in [7, 11) is 0. The van der Waals surface area contributed by atoms with Crippen molar-refractivity contribution in [2.75, 3.05) is 0 Å². The van der Waals surface area contributed by atoms with Gasteiger partial charge in [-0.3, -0.25) is 0 Å². The van der Waals surface area contributed by atoms with E-state index in [1.807, 2.05) is 18.2 Å². The average molecular weight is 286 g/mol. The van der Waals surface area contributed by atoms with Gasteiger partial charge in [-0.2, -0.15) is 11.3 Å². The predicted octanol–water partition coefficient (Wildman–Crippen LogP) is 4.17. The van der Waals surface area contributed by atoms with E-state index in [1.54, 1.807) is 11.3 Å². The molecule has 17 heavy (non-hydrogen) atoms. The molecular weight excluding hydrogens is 273 g/mol. The normalized spacial score (nSPS) is 12.6. The zero-order chi connectivity index (χ0) is 12.3. The van der Waals surface area contributed by atoms with Crippen LogP contribution in [0.5, 0.6) is 0 Å². The van der Waals surface area contributed by atoms with Crippen LogP contribution in [0.25, 0.3) is 0 Å². The molecule has 0 saturated heterocycles. The Morgan fingerprint density at radius 1 is 1.06 bits per heavy atom. The Labute approximate surface area is 115 Å². The van der Waals surface area contributed by atoms with E-state index in [9.17, 15) is 0 Å². The molecule has 4 heteroatoms. The third-order valence-electron chi connectivity index (χ3n) is 2.56. The molecule has 90 valence electrons. The van der Waals surface area contributed by atoms with Crippen LogP contribution < -0.4 is 5.73 Å². The molecule has 1 nitrogen and oxygen atoms in total. The Kier molecular flexibility index (Phi) is 4.46. The minimum atomic E-state index is 0.113. The maximum atomic E-state index is 6.11. The molecule has 1 aromatic heterocycles. The Morgan fingerprint density at radius 3 is 2.47 bits per heavy atom. The average Bonchev–Trinajstić information content (AvgIpc) is 2.76. The maximum Gasteiger partial charge on any atom is 0.0595 e. The maximum absolute atomic E-state index is 6.11.